The Labute approximate surface area is 93.0 Å². The van der Waals surface area contributed by atoms with Crippen LogP contribution in [-0.2, 0) is 9.59 Å². The number of amides is 2. The van der Waals surface area contributed by atoms with E-state index in [1.54, 1.807) is 0 Å². The van der Waals surface area contributed by atoms with Crippen molar-refractivity contribution in [3.05, 3.63) is 0 Å². The van der Waals surface area contributed by atoms with Gasteiger partial charge in [0.2, 0.25) is 18.2 Å². The van der Waals surface area contributed by atoms with E-state index in [1.165, 1.54) is 0 Å². The van der Waals surface area contributed by atoms with Gasteiger partial charge in [-0.1, -0.05) is 6.92 Å². The lowest BCUT2D eigenvalue weighted by Crippen LogP contribution is -2.43. The fraction of sp³-hybridized carbons (Fsp3) is 0.800. The van der Waals surface area contributed by atoms with E-state index in [0.717, 1.165) is 5.01 Å². The van der Waals surface area contributed by atoms with Gasteiger partial charge in [0.05, 0.1) is 0 Å². The average Bonchev–Trinajstić information content (AvgIpc) is 2.45. The smallest absolute Gasteiger partial charge is 0.241 e. The highest BCUT2D eigenvalue weighted by atomic mass is 19.3. The number of hydrazine groups is 1. The van der Waals surface area contributed by atoms with Crippen molar-refractivity contribution in [3.63, 3.8) is 0 Å². The quantitative estimate of drug-likeness (QED) is 0.780. The number of hydrogen-bond acceptors (Lipinski definition) is 2. The fourth-order valence-electron chi connectivity index (χ4n) is 1.73. The number of carbonyl (C=O) groups excluding carboxylic acids is 2. The first kappa shape index (κ1) is 12.9. The Hall–Kier alpha value is -1.20. The van der Waals surface area contributed by atoms with Crippen molar-refractivity contribution in [1.29, 1.82) is 0 Å². The minimum Gasteiger partial charge on any atom is -0.273 e. The molecule has 1 rings (SSSR count). The lowest BCUT2D eigenvalue weighted by atomic mass is 10.1. The summed E-state index contributed by atoms with van der Waals surface area (Å²) in [4.78, 5) is 22.6. The molecule has 4 nitrogen and oxygen atoms in total. The molecule has 1 atom stereocenters. The molecular weight excluding hydrogens is 218 g/mol. The highest BCUT2D eigenvalue weighted by Crippen LogP contribution is 2.22. The second kappa shape index (κ2) is 5.77. The molecule has 0 aromatic heterocycles. The average molecular weight is 234 g/mol. The van der Waals surface area contributed by atoms with Gasteiger partial charge >= 0.3 is 0 Å². The first-order chi connectivity index (χ1) is 7.52. The SMILES string of the molecule is CCCC(=O)NN1CC(CC(F)F)CC1=O. The van der Waals surface area contributed by atoms with Gasteiger partial charge in [-0.3, -0.25) is 20.0 Å². The Morgan fingerprint density at radius 3 is 2.88 bits per heavy atom. The van der Waals surface area contributed by atoms with E-state index in [-0.39, 0.29) is 37.1 Å². The molecule has 6 heteroatoms. The Morgan fingerprint density at radius 1 is 1.62 bits per heavy atom. The minimum absolute atomic E-state index is 0.0940. The summed E-state index contributed by atoms with van der Waals surface area (Å²) >= 11 is 0. The van der Waals surface area contributed by atoms with Crippen LogP contribution in [0.3, 0.4) is 0 Å². The molecule has 0 spiro atoms. The molecule has 1 heterocycles. The summed E-state index contributed by atoms with van der Waals surface area (Å²) in [6, 6.07) is 0. The molecule has 1 aliphatic heterocycles. The van der Waals surface area contributed by atoms with Gasteiger partial charge in [-0.05, 0) is 12.3 Å². The second-order valence-electron chi connectivity index (χ2n) is 3.99. The third-order valence-electron chi connectivity index (χ3n) is 2.45. The molecule has 0 aromatic carbocycles. The summed E-state index contributed by atoms with van der Waals surface area (Å²) in [7, 11) is 0. The lowest BCUT2D eigenvalue weighted by molar-refractivity contribution is -0.138. The van der Waals surface area contributed by atoms with E-state index in [4.69, 9.17) is 0 Å². The van der Waals surface area contributed by atoms with E-state index in [9.17, 15) is 18.4 Å². The van der Waals surface area contributed by atoms with Crippen LogP contribution < -0.4 is 5.43 Å². The predicted octanol–water partition coefficient (Wildman–Crippen LogP) is 1.32. The van der Waals surface area contributed by atoms with Gasteiger partial charge in [0, 0.05) is 25.8 Å². The molecule has 0 bridgehead atoms. The first-order valence-corrected chi connectivity index (χ1v) is 5.41. The van der Waals surface area contributed by atoms with Gasteiger partial charge < -0.3 is 0 Å². The minimum atomic E-state index is -2.40. The standard InChI is InChI=1S/C10H16F2N2O2/c1-2-3-9(15)13-14-6-7(4-8(11)12)5-10(14)16/h7-8H,2-6H2,1H3,(H,13,15). The van der Waals surface area contributed by atoms with Gasteiger partial charge in [0.25, 0.3) is 0 Å². The third kappa shape index (κ3) is 3.75. The van der Waals surface area contributed by atoms with Crippen LogP contribution in [0.4, 0.5) is 8.78 Å². The maximum atomic E-state index is 12.1. The van der Waals surface area contributed by atoms with Gasteiger partial charge in [-0.15, -0.1) is 0 Å². The Bertz CT molecular complexity index is 272. The normalized spacial score (nSPS) is 20.6. The molecule has 0 aromatic rings. The van der Waals surface area contributed by atoms with Gasteiger partial charge in [0.15, 0.2) is 0 Å². The van der Waals surface area contributed by atoms with E-state index in [1.807, 2.05) is 6.92 Å². The number of halogens is 2. The largest absolute Gasteiger partial charge is 0.273 e. The first-order valence-electron chi connectivity index (χ1n) is 5.41. The van der Waals surface area contributed by atoms with Gasteiger partial charge in [-0.2, -0.15) is 0 Å². The summed E-state index contributed by atoms with van der Waals surface area (Å²) in [6.07, 6.45) is -1.57. The highest BCUT2D eigenvalue weighted by molar-refractivity contribution is 5.83. The van der Waals surface area contributed by atoms with Crippen molar-refractivity contribution in [2.24, 2.45) is 5.92 Å². The molecule has 2 amide bonds. The van der Waals surface area contributed by atoms with Crippen LogP contribution in [0.1, 0.15) is 32.6 Å². The molecule has 1 fully saturated rings. The van der Waals surface area contributed by atoms with Crippen molar-refractivity contribution in [3.8, 4) is 0 Å². The van der Waals surface area contributed by atoms with Gasteiger partial charge in [-0.25, -0.2) is 8.78 Å². The predicted molar refractivity (Wildman–Crippen MR) is 53.5 cm³/mol. The van der Waals surface area contributed by atoms with E-state index < -0.39 is 6.43 Å². The Morgan fingerprint density at radius 2 is 2.31 bits per heavy atom. The van der Waals surface area contributed by atoms with Crippen molar-refractivity contribution in [2.75, 3.05) is 6.54 Å². The molecule has 1 unspecified atom stereocenters. The van der Waals surface area contributed by atoms with Gasteiger partial charge in [0.1, 0.15) is 0 Å². The molecular formula is C10H16F2N2O2. The van der Waals surface area contributed by atoms with Crippen LogP contribution in [0.5, 0.6) is 0 Å². The number of alkyl halides is 2. The zero-order chi connectivity index (χ0) is 12.1. The van der Waals surface area contributed by atoms with Crippen LogP contribution in [0, 0.1) is 5.92 Å². The van der Waals surface area contributed by atoms with Crippen molar-refractivity contribution < 1.29 is 18.4 Å². The van der Waals surface area contributed by atoms with Crippen LogP contribution >= 0.6 is 0 Å². The number of nitrogens with one attached hydrogen (secondary N) is 1. The maximum absolute atomic E-state index is 12.1. The monoisotopic (exact) mass is 234 g/mol. The van der Waals surface area contributed by atoms with Crippen molar-refractivity contribution >= 4 is 11.8 Å². The van der Waals surface area contributed by atoms with Crippen LogP contribution in [-0.4, -0.2) is 29.8 Å². The summed E-state index contributed by atoms with van der Waals surface area (Å²) in [5.74, 6) is -0.877. The van der Waals surface area contributed by atoms with Crippen molar-refractivity contribution in [1.82, 2.24) is 10.4 Å². The lowest BCUT2D eigenvalue weighted by Gasteiger charge is -2.17. The third-order valence-corrected chi connectivity index (χ3v) is 2.45. The summed E-state index contributed by atoms with van der Waals surface area (Å²) in [5.41, 5.74) is 2.43. The molecule has 0 saturated carbocycles. The highest BCUT2D eigenvalue weighted by Gasteiger charge is 2.32. The molecule has 92 valence electrons. The topological polar surface area (TPSA) is 49.4 Å². The summed E-state index contributed by atoms with van der Waals surface area (Å²) in [6.45, 7) is 2.05. The summed E-state index contributed by atoms with van der Waals surface area (Å²) in [5, 5.41) is 1.16. The number of carbonyl (C=O) groups is 2. The maximum Gasteiger partial charge on any atom is 0.241 e. The number of rotatable bonds is 5. The molecule has 0 aliphatic carbocycles. The zero-order valence-electron chi connectivity index (χ0n) is 9.21. The molecule has 1 N–H and O–H groups in total. The van der Waals surface area contributed by atoms with Crippen LogP contribution in [0.2, 0.25) is 0 Å². The van der Waals surface area contributed by atoms with Crippen molar-refractivity contribution in [2.45, 2.75) is 39.0 Å². The van der Waals surface area contributed by atoms with E-state index in [2.05, 4.69) is 5.43 Å². The van der Waals surface area contributed by atoms with E-state index in [0.29, 0.717) is 12.8 Å². The number of nitrogens with zero attached hydrogens (tertiary/aromatic N) is 1. The van der Waals surface area contributed by atoms with Crippen LogP contribution in [0.15, 0.2) is 0 Å². The Balaban J connectivity index is 2.39. The molecule has 0 radical (unpaired) electrons. The fourth-order valence-corrected chi connectivity index (χ4v) is 1.73. The molecule has 1 aliphatic rings. The molecule has 16 heavy (non-hydrogen) atoms. The molecule has 1 saturated heterocycles. The Kier molecular flexibility index (Phi) is 4.64. The second-order valence-corrected chi connectivity index (χ2v) is 3.99. The number of hydrogen-bond donors (Lipinski definition) is 1. The van der Waals surface area contributed by atoms with Crippen LogP contribution in [0.25, 0.3) is 0 Å². The van der Waals surface area contributed by atoms with E-state index >= 15 is 0 Å². The summed E-state index contributed by atoms with van der Waals surface area (Å²) < 4.78 is 24.2. The zero-order valence-corrected chi connectivity index (χ0v) is 9.21.